The molecular formula is C20H25N3O3. The molecule has 0 bridgehead atoms. The highest BCUT2D eigenvalue weighted by Gasteiger charge is 2.31. The molecule has 0 N–H and O–H groups in total. The van der Waals surface area contributed by atoms with Crippen molar-refractivity contribution >= 4 is 11.8 Å². The fourth-order valence-electron chi connectivity index (χ4n) is 3.62. The Morgan fingerprint density at radius 2 is 2.04 bits per heavy atom. The molecule has 1 aromatic carbocycles. The summed E-state index contributed by atoms with van der Waals surface area (Å²) in [5, 5.41) is 3.94. The molecular weight excluding hydrogens is 330 g/mol. The molecule has 138 valence electrons. The summed E-state index contributed by atoms with van der Waals surface area (Å²) in [6.45, 7) is 6.40. The number of fused-ring (bicyclic) bond motifs is 1. The lowest BCUT2D eigenvalue weighted by Gasteiger charge is -2.37. The van der Waals surface area contributed by atoms with Gasteiger partial charge in [-0.25, -0.2) is 0 Å². The molecule has 1 unspecified atom stereocenters. The molecule has 0 saturated carbocycles. The fourth-order valence-corrected chi connectivity index (χ4v) is 3.62. The number of amides is 2. The first-order chi connectivity index (χ1) is 12.4. The van der Waals surface area contributed by atoms with Crippen LogP contribution in [0.25, 0.3) is 0 Å². The smallest absolute Gasteiger partial charge is 0.225 e. The van der Waals surface area contributed by atoms with Gasteiger partial charge in [0.15, 0.2) is 0 Å². The Hall–Kier alpha value is -2.63. The van der Waals surface area contributed by atoms with Crippen LogP contribution in [0.15, 0.2) is 28.8 Å². The van der Waals surface area contributed by atoms with Gasteiger partial charge >= 0.3 is 0 Å². The minimum atomic E-state index is -0.211. The molecule has 26 heavy (non-hydrogen) atoms. The molecule has 0 spiro atoms. The van der Waals surface area contributed by atoms with E-state index in [1.807, 2.05) is 36.9 Å². The zero-order valence-corrected chi connectivity index (χ0v) is 15.8. The Labute approximate surface area is 153 Å². The third-order valence-corrected chi connectivity index (χ3v) is 5.19. The Bertz CT molecular complexity index is 808. The Balaban J connectivity index is 1.79. The number of nitrogens with zero attached hydrogens (tertiary/aromatic N) is 3. The van der Waals surface area contributed by atoms with Crippen LogP contribution in [0.3, 0.4) is 0 Å². The highest BCUT2D eigenvalue weighted by Crippen LogP contribution is 2.32. The first kappa shape index (κ1) is 18.2. The van der Waals surface area contributed by atoms with Crippen molar-refractivity contribution in [3.8, 4) is 0 Å². The molecule has 0 fully saturated rings. The molecule has 2 aromatic rings. The molecule has 1 aliphatic rings. The molecule has 0 aliphatic carbocycles. The molecule has 3 rings (SSSR count). The van der Waals surface area contributed by atoms with E-state index in [2.05, 4.69) is 11.2 Å². The molecule has 6 heteroatoms. The molecule has 2 amide bonds. The van der Waals surface area contributed by atoms with Gasteiger partial charge in [0.2, 0.25) is 11.8 Å². The molecule has 0 radical (unpaired) electrons. The normalized spacial score (nSPS) is 16.3. The first-order valence-electron chi connectivity index (χ1n) is 8.89. The summed E-state index contributed by atoms with van der Waals surface area (Å²) in [6, 6.07) is 7.87. The summed E-state index contributed by atoms with van der Waals surface area (Å²) >= 11 is 0. The van der Waals surface area contributed by atoms with Gasteiger partial charge in [-0.05, 0) is 31.4 Å². The molecule has 2 heterocycles. The third-order valence-electron chi connectivity index (χ3n) is 5.19. The van der Waals surface area contributed by atoms with Crippen LogP contribution in [0.1, 0.15) is 47.5 Å². The lowest BCUT2D eigenvalue weighted by Crippen LogP contribution is -2.41. The number of aryl methyl sites for hydroxylation is 2. The van der Waals surface area contributed by atoms with Crippen molar-refractivity contribution in [1.82, 2.24) is 15.0 Å². The van der Waals surface area contributed by atoms with Gasteiger partial charge in [-0.15, -0.1) is 0 Å². The molecule has 1 atom stereocenters. The van der Waals surface area contributed by atoms with Crippen LogP contribution in [-0.2, 0) is 22.6 Å². The predicted molar refractivity (Wildman–Crippen MR) is 97.3 cm³/mol. The van der Waals surface area contributed by atoms with Gasteiger partial charge in [-0.2, -0.15) is 0 Å². The first-order valence-corrected chi connectivity index (χ1v) is 8.89. The number of aromatic nitrogens is 1. The van der Waals surface area contributed by atoms with Crippen molar-refractivity contribution in [1.29, 1.82) is 0 Å². The average Bonchev–Trinajstić information content (AvgIpc) is 2.93. The summed E-state index contributed by atoms with van der Waals surface area (Å²) in [6.07, 6.45) is 1.10. The molecule has 6 nitrogen and oxygen atoms in total. The Kier molecular flexibility index (Phi) is 5.11. The Morgan fingerprint density at radius 3 is 2.69 bits per heavy atom. The van der Waals surface area contributed by atoms with Crippen LogP contribution < -0.4 is 0 Å². The summed E-state index contributed by atoms with van der Waals surface area (Å²) < 4.78 is 5.18. The zero-order chi connectivity index (χ0) is 18.8. The highest BCUT2D eigenvalue weighted by molar-refractivity contribution is 5.79. The summed E-state index contributed by atoms with van der Waals surface area (Å²) in [5.74, 6) is 0.735. The van der Waals surface area contributed by atoms with E-state index >= 15 is 0 Å². The van der Waals surface area contributed by atoms with Crippen LogP contribution in [0.2, 0.25) is 0 Å². The zero-order valence-electron chi connectivity index (χ0n) is 15.8. The minimum Gasteiger partial charge on any atom is -0.361 e. The van der Waals surface area contributed by atoms with Gasteiger partial charge in [0.25, 0.3) is 0 Å². The van der Waals surface area contributed by atoms with E-state index < -0.39 is 0 Å². The molecule has 1 aliphatic heterocycles. The van der Waals surface area contributed by atoms with Crippen molar-refractivity contribution < 1.29 is 14.1 Å². The fraction of sp³-hybridized carbons (Fsp3) is 0.450. The van der Waals surface area contributed by atoms with E-state index in [0.717, 1.165) is 29.0 Å². The van der Waals surface area contributed by atoms with Gasteiger partial charge in [0.05, 0.1) is 24.7 Å². The maximum atomic E-state index is 12.9. The van der Waals surface area contributed by atoms with E-state index in [4.69, 9.17) is 4.52 Å². The van der Waals surface area contributed by atoms with Gasteiger partial charge in [-0.3, -0.25) is 9.59 Å². The molecule has 1 aromatic heterocycles. The van der Waals surface area contributed by atoms with Crippen molar-refractivity contribution in [2.45, 2.75) is 46.2 Å². The summed E-state index contributed by atoms with van der Waals surface area (Å²) in [4.78, 5) is 28.5. The number of benzene rings is 1. The van der Waals surface area contributed by atoms with E-state index in [1.165, 1.54) is 5.56 Å². The van der Waals surface area contributed by atoms with Crippen LogP contribution in [0.5, 0.6) is 0 Å². The van der Waals surface area contributed by atoms with E-state index in [0.29, 0.717) is 13.1 Å². The lowest BCUT2D eigenvalue weighted by molar-refractivity contribution is -0.136. The van der Waals surface area contributed by atoms with Gasteiger partial charge in [0.1, 0.15) is 5.76 Å². The SMILES string of the molecule is CC(=O)N1CCc2ccccc2C1CC(=O)N(C)Cc1c(C)noc1C. The van der Waals surface area contributed by atoms with Crippen LogP contribution in [-0.4, -0.2) is 40.4 Å². The van der Waals surface area contributed by atoms with Crippen molar-refractivity contribution in [2.75, 3.05) is 13.6 Å². The van der Waals surface area contributed by atoms with E-state index in [9.17, 15) is 9.59 Å². The van der Waals surface area contributed by atoms with E-state index in [1.54, 1.807) is 18.9 Å². The maximum Gasteiger partial charge on any atom is 0.225 e. The number of rotatable bonds is 4. The highest BCUT2D eigenvalue weighted by atomic mass is 16.5. The Morgan fingerprint density at radius 1 is 1.31 bits per heavy atom. The second kappa shape index (κ2) is 7.32. The second-order valence-electron chi connectivity index (χ2n) is 6.93. The number of hydrogen-bond donors (Lipinski definition) is 0. The van der Waals surface area contributed by atoms with Crippen molar-refractivity contribution in [3.63, 3.8) is 0 Å². The van der Waals surface area contributed by atoms with Crippen molar-refractivity contribution in [3.05, 3.63) is 52.4 Å². The quantitative estimate of drug-likeness (QED) is 0.846. The summed E-state index contributed by atoms with van der Waals surface area (Å²) in [5.41, 5.74) is 4.04. The van der Waals surface area contributed by atoms with Gasteiger partial charge in [0, 0.05) is 26.1 Å². The third kappa shape index (κ3) is 3.49. The number of carbonyl (C=O) groups excluding carboxylic acids is 2. The average molecular weight is 355 g/mol. The van der Waals surface area contributed by atoms with Crippen LogP contribution in [0.4, 0.5) is 0 Å². The number of carbonyl (C=O) groups is 2. The van der Waals surface area contributed by atoms with E-state index in [-0.39, 0.29) is 24.3 Å². The van der Waals surface area contributed by atoms with Gasteiger partial charge in [-0.1, -0.05) is 29.4 Å². The summed E-state index contributed by atoms with van der Waals surface area (Å²) in [7, 11) is 1.78. The molecule has 0 saturated heterocycles. The topological polar surface area (TPSA) is 66.7 Å². The van der Waals surface area contributed by atoms with Crippen LogP contribution >= 0.6 is 0 Å². The second-order valence-corrected chi connectivity index (χ2v) is 6.93. The maximum absolute atomic E-state index is 12.9. The standard InChI is InChI=1S/C20H25N3O3/c1-13-18(14(2)26-21-13)12-22(4)20(25)11-19-17-8-6-5-7-16(17)9-10-23(19)15(3)24/h5-8,19H,9-12H2,1-4H3. The van der Waals surface area contributed by atoms with Gasteiger partial charge < -0.3 is 14.3 Å². The lowest BCUT2D eigenvalue weighted by atomic mass is 9.90. The largest absolute Gasteiger partial charge is 0.361 e. The monoisotopic (exact) mass is 355 g/mol. The van der Waals surface area contributed by atoms with Crippen LogP contribution in [0, 0.1) is 13.8 Å². The van der Waals surface area contributed by atoms with Crippen molar-refractivity contribution in [2.24, 2.45) is 0 Å². The predicted octanol–water partition coefficient (Wildman–Crippen LogP) is 2.79. The number of hydrogen-bond acceptors (Lipinski definition) is 4. The minimum absolute atomic E-state index is 0.00190.